The minimum Gasteiger partial charge on any atom is -0.452 e. The molecule has 0 saturated carbocycles. The third-order valence-corrected chi connectivity index (χ3v) is 3.99. The molecule has 6 nitrogen and oxygen atoms in total. The van der Waals surface area contributed by atoms with Crippen molar-refractivity contribution in [2.24, 2.45) is 0 Å². The Morgan fingerprint density at radius 1 is 1.11 bits per heavy atom. The Balaban J connectivity index is 1.87. The average Bonchev–Trinajstić information content (AvgIpc) is 2.66. The number of carbonyl (C=O) groups excluding carboxylic acids is 2. The Kier molecular flexibility index (Phi) is 8.02. The van der Waals surface area contributed by atoms with Gasteiger partial charge in [-0.2, -0.15) is 8.78 Å². The number of benzene rings is 2. The molecule has 1 amide bonds. The second-order valence-corrected chi connectivity index (χ2v) is 6.29. The van der Waals surface area contributed by atoms with Crippen LogP contribution in [0.25, 0.3) is 0 Å². The number of amides is 1. The van der Waals surface area contributed by atoms with E-state index in [1.54, 1.807) is 24.3 Å². The zero-order chi connectivity index (χ0) is 19.6. The van der Waals surface area contributed by atoms with E-state index in [9.17, 15) is 18.4 Å². The summed E-state index contributed by atoms with van der Waals surface area (Å²) in [5, 5.41) is 14.3. The number of thioether (sulfide) groups is 1. The van der Waals surface area contributed by atoms with Crippen molar-refractivity contribution < 1.29 is 28.2 Å². The number of para-hydroxylation sites is 1. The second-order valence-electron chi connectivity index (χ2n) is 5.22. The molecule has 0 heterocycles. The van der Waals surface area contributed by atoms with Gasteiger partial charge in [-0.25, -0.2) is 4.79 Å². The van der Waals surface area contributed by atoms with Gasteiger partial charge in [0.05, 0.1) is 12.2 Å². The molecule has 27 heavy (non-hydrogen) atoms. The number of alkyl halides is 2. The molecule has 0 radical (unpaired) electrons. The highest BCUT2D eigenvalue weighted by Crippen LogP contribution is 2.26. The Labute approximate surface area is 158 Å². The monoisotopic (exact) mass is 396 g/mol. The molecule has 0 aromatic heterocycles. The number of carbonyl (C=O) groups is 2. The maximum Gasteiger partial charge on any atom is 0.340 e. The lowest BCUT2D eigenvalue weighted by molar-refractivity contribution is -0.119. The summed E-state index contributed by atoms with van der Waals surface area (Å²) in [4.78, 5) is 24.4. The molecule has 2 aromatic rings. The van der Waals surface area contributed by atoms with E-state index in [2.05, 4.69) is 10.6 Å². The Morgan fingerprint density at radius 2 is 1.81 bits per heavy atom. The SMILES string of the molecule is O=C(COC(=O)c1ccccc1NCCO)Nc1ccc(SC(F)F)cc1. The van der Waals surface area contributed by atoms with Crippen LogP contribution in [0.1, 0.15) is 10.4 Å². The van der Waals surface area contributed by atoms with Crippen molar-refractivity contribution in [3.63, 3.8) is 0 Å². The van der Waals surface area contributed by atoms with Gasteiger partial charge in [-0.3, -0.25) is 4.79 Å². The van der Waals surface area contributed by atoms with E-state index >= 15 is 0 Å². The summed E-state index contributed by atoms with van der Waals surface area (Å²) < 4.78 is 29.5. The van der Waals surface area contributed by atoms with Gasteiger partial charge in [-0.05, 0) is 36.4 Å². The van der Waals surface area contributed by atoms with Crippen molar-refractivity contribution in [2.75, 3.05) is 30.4 Å². The van der Waals surface area contributed by atoms with Crippen LogP contribution >= 0.6 is 11.8 Å². The van der Waals surface area contributed by atoms with Gasteiger partial charge in [-0.1, -0.05) is 23.9 Å². The number of hydrogen-bond donors (Lipinski definition) is 3. The largest absolute Gasteiger partial charge is 0.452 e. The molecule has 0 bridgehead atoms. The Morgan fingerprint density at radius 3 is 2.48 bits per heavy atom. The van der Waals surface area contributed by atoms with Crippen molar-refractivity contribution in [1.82, 2.24) is 0 Å². The number of nitrogens with one attached hydrogen (secondary N) is 2. The number of aliphatic hydroxyl groups excluding tert-OH is 1. The first-order valence-electron chi connectivity index (χ1n) is 7.95. The molecule has 0 aliphatic rings. The van der Waals surface area contributed by atoms with Gasteiger partial charge in [0.2, 0.25) is 0 Å². The summed E-state index contributed by atoms with van der Waals surface area (Å²) in [7, 11) is 0. The average molecular weight is 396 g/mol. The zero-order valence-corrected chi connectivity index (χ0v) is 15.0. The van der Waals surface area contributed by atoms with Crippen LogP contribution in [0.5, 0.6) is 0 Å². The quantitative estimate of drug-likeness (QED) is 0.446. The number of esters is 1. The van der Waals surface area contributed by atoms with E-state index in [0.29, 0.717) is 28.0 Å². The standard InChI is InChI=1S/C18H18F2N2O4S/c19-18(20)27-13-7-5-12(6-8-13)22-16(24)11-26-17(25)14-3-1-2-4-15(14)21-9-10-23/h1-8,18,21,23H,9-11H2,(H,22,24). The molecule has 0 saturated heterocycles. The van der Waals surface area contributed by atoms with E-state index in [0.717, 1.165) is 0 Å². The highest BCUT2D eigenvalue weighted by atomic mass is 32.2. The van der Waals surface area contributed by atoms with E-state index < -0.39 is 24.2 Å². The van der Waals surface area contributed by atoms with E-state index in [1.165, 1.54) is 24.3 Å². The minimum atomic E-state index is -2.51. The number of hydrogen-bond acceptors (Lipinski definition) is 6. The maximum absolute atomic E-state index is 12.3. The van der Waals surface area contributed by atoms with Gasteiger partial charge in [0.1, 0.15) is 0 Å². The molecule has 0 spiro atoms. The lowest BCUT2D eigenvalue weighted by Gasteiger charge is -2.11. The van der Waals surface area contributed by atoms with Crippen LogP contribution in [0.2, 0.25) is 0 Å². The van der Waals surface area contributed by atoms with Crippen molar-refractivity contribution in [3.05, 3.63) is 54.1 Å². The number of halogens is 2. The predicted molar refractivity (Wildman–Crippen MR) is 99.2 cm³/mol. The van der Waals surface area contributed by atoms with Crippen molar-refractivity contribution >= 4 is 35.0 Å². The topological polar surface area (TPSA) is 87.7 Å². The maximum atomic E-state index is 12.3. The van der Waals surface area contributed by atoms with Crippen LogP contribution in [0.4, 0.5) is 20.2 Å². The molecule has 144 valence electrons. The van der Waals surface area contributed by atoms with E-state index in [-0.39, 0.29) is 18.7 Å². The fraction of sp³-hybridized carbons (Fsp3) is 0.222. The zero-order valence-electron chi connectivity index (χ0n) is 14.2. The molecule has 0 aliphatic heterocycles. The molecule has 0 fully saturated rings. The third-order valence-electron chi connectivity index (χ3n) is 3.27. The lowest BCUT2D eigenvalue weighted by atomic mass is 10.2. The van der Waals surface area contributed by atoms with Crippen LogP contribution in [-0.2, 0) is 9.53 Å². The summed E-state index contributed by atoms with van der Waals surface area (Å²) in [5.74, 6) is -3.76. The smallest absolute Gasteiger partial charge is 0.340 e. The van der Waals surface area contributed by atoms with Gasteiger partial charge < -0.3 is 20.5 Å². The van der Waals surface area contributed by atoms with Crippen LogP contribution < -0.4 is 10.6 Å². The molecule has 0 atom stereocenters. The first-order valence-corrected chi connectivity index (χ1v) is 8.83. The molecule has 2 aromatic carbocycles. The molecular weight excluding hydrogens is 378 g/mol. The van der Waals surface area contributed by atoms with Crippen molar-refractivity contribution in [1.29, 1.82) is 0 Å². The van der Waals surface area contributed by atoms with Crippen LogP contribution in [0, 0.1) is 0 Å². The molecule has 3 N–H and O–H groups in total. The van der Waals surface area contributed by atoms with Crippen molar-refractivity contribution in [2.45, 2.75) is 10.7 Å². The van der Waals surface area contributed by atoms with Crippen LogP contribution in [-0.4, -0.2) is 42.5 Å². The number of anilines is 2. The number of aliphatic hydroxyl groups is 1. The summed E-state index contributed by atoms with van der Waals surface area (Å²) in [5.41, 5.74) is 1.14. The third kappa shape index (κ3) is 6.87. The predicted octanol–water partition coefficient (Wildman–Crippen LogP) is 3.20. The highest BCUT2D eigenvalue weighted by Gasteiger charge is 2.14. The van der Waals surface area contributed by atoms with Gasteiger partial charge in [0, 0.05) is 22.8 Å². The fourth-order valence-electron chi connectivity index (χ4n) is 2.13. The van der Waals surface area contributed by atoms with Gasteiger partial charge in [0.25, 0.3) is 11.7 Å². The van der Waals surface area contributed by atoms with Gasteiger partial charge in [-0.15, -0.1) is 0 Å². The molecule has 0 aliphatic carbocycles. The second kappa shape index (κ2) is 10.5. The normalized spacial score (nSPS) is 10.5. The van der Waals surface area contributed by atoms with Gasteiger partial charge >= 0.3 is 5.97 Å². The van der Waals surface area contributed by atoms with E-state index in [1.807, 2.05) is 0 Å². The molecule has 0 unspecified atom stereocenters. The fourth-order valence-corrected chi connectivity index (χ4v) is 2.63. The number of ether oxygens (including phenoxy) is 1. The summed E-state index contributed by atoms with van der Waals surface area (Å²) in [6.07, 6.45) is 0. The summed E-state index contributed by atoms with van der Waals surface area (Å²) >= 11 is 0.408. The van der Waals surface area contributed by atoms with Crippen LogP contribution in [0.3, 0.4) is 0 Å². The first-order chi connectivity index (χ1) is 13.0. The Hall–Kier alpha value is -2.65. The molecule has 9 heteroatoms. The lowest BCUT2D eigenvalue weighted by Crippen LogP contribution is -2.21. The first kappa shape index (κ1) is 20.7. The van der Waals surface area contributed by atoms with Crippen LogP contribution in [0.15, 0.2) is 53.4 Å². The highest BCUT2D eigenvalue weighted by molar-refractivity contribution is 7.99. The summed E-state index contributed by atoms with van der Waals surface area (Å²) in [6, 6.07) is 12.5. The minimum absolute atomic E-state index is 0.0968. The summed E-state index contributed by atoms with van der Waals surface area (Å²) in [6.45, 7) is -0.328. The molecular formula is C18H18F2N2O4S. The Bertz CT molecular complexity index is 772. The van der Waals surface area contributed by atoms with Gasteiger partial charge in [0.15, 0.2) is 6.61 Å². The van der Waals surface area contributed by atoms with E-state index in [4.69, 9.17) is 9.84 Å². The van der Waals surface area contributed by atoms with Crippen molar-refractivity contribution in [3.8, 4) is 0 Å². The number of rotatable bonds is 9. The molecule has 2 rings (SSSR count).